The van der Waals surface area contributed by atoms with Crippen LogP contribution in [0.5, 0.6) is 5.75 Å². The standard InChI is InChI=1S/C24H43O3P/c1-5-7-9-10-11-12-13-14-15-16-17-26-28(25,18-8-6-2)27-24-20-22(3)19-23(4)21-24/h19-21H,5-18H2,1-4H3. The summed E-state index contributed by atoms with van der Waals surface area (Å²) in [6.07, 6.45) is 15.2. The van der Waals surface area contributed by atoms with Gasteiger partial charge in [-0.3, -0.25) is 4.52 Å². The molecule has 0 amide bonds. The van der Waals surface area contributed by atoms with E-state index in [1.54, 1.807) is 0 Å². The molecule has 0 aliphatic rings. The van der Waals surface area contributed by atoms with E-state index in [0.717, 1.165) is 36.8 Å². The molecule has 1 rings (SSSR count). The number of aryl methyl sites for hydroxylation is 2. The van der Waals surface area contributed by atoms with Gasteiger partial charge in [0.25, 0.3) is 0 Å². The summed E-state index contributed by atoms with van der Waals surface area (Å²) in [4.78, 5) is 0. The molecule has 0 saturated heterocycles. The molecule has 0 radical (unpaired) electrons. The predicted octanol–water partition coefficient (Wildman–Crippen LogP) is 8.61. The molecule has 0 aliphatic heterocycles. The van der Waals surface area contributed by atoms with Crippen molar-refractivity contribution in [3.05, 3.63) is 29.3 Å². The molecule has 0 bridgehead atoms. The van der Waals surface area contributed by atoms with Crippen molar-refractivity contribution >= 4 is 7.60 Å². The fourth-order valence-corrected chi connectivity index (χ4v) is 5.24. The first kappa shape index (κ1) is 25.2. The van der Waals surface area contributed by atoms with Crippen molar-refractivity contribution < 1.29 is 13.6 Å². The van der Waals surface area contributed by atoms with Crippen molar-refractivity contribution in [2.24, 2.45) is 0 Å². The van der Waals surface area contributed by atoms with E-state index in [2.05, 4.69) is 19.9 Å². The van der Waals surface area contributed by atoms with Gasteiger partial charge in [0.1, 0.15) is 5.75 Å². The van der Waals surface area contributed by atoms with Gasteiger partial charge in [0.05, 0.1) is 12.8 Å². The Labute approximate surface area is 174 Å². The Kier molecular flexibility index (Phi) is 13.6. The summed E-state index contributed by atoms with van der Waals surface area (Å²) in [5, 5.41) is 0. The summed E-state index contributed by atoms with van der Waals surface area (Å²) in [5.41, 5.74) is 2.23. The third-order valence-corrected chi connectivity index (χ3v) is 6.94. The second-order valence-corrected chi connectivity index (χ2v) is 10.2. The quantitative estimate of drug-likeness (QED) is 0.190. The smallest absolute Gasteiger partial charge is 0.379 e. The van der Waals surface area contributed by atoms with Crippen LogP contribution in [0.3, 0.4) is 0 Å². The van der Waals surface area contributed by atoms with Gasteiger partial charge >= 0.3 is 7.60 Å². The van der Waals surface area contributed by atoms with Crippen LogP contribution in [0.4, 0.5) is 0 Å². The first-order chi connectivity index (χ1) is 13.5. The van der Waals surface area contributed by atoms with Gasteiger partial charge in [-0.1, -0.05) is 84.1 Å². The molecule has 162 valence electrons. The van der Waals surface area contributed by atoms with E-state index in [1.165, 1.54) is 51.4 Å². The minimum absolute atomic E-state index is 0.494. The molecule has 0 N–H and O–H groups in total. The monoisotopic (exact) mass is 410 g/mol. The van der Waals surface area contributed by atoms with Crippen molar-refractivity contribution in [1.29, 1.82) is 0 Å². The molecule has 1 aromatic rings. The Bertz CT molecular complexity index is 551. The van der Waals surface area contributed by atoms with E-state index >= 15 is 0 Å². The van der Waals surface area contributed by atoms with Gasteiger partial charge in [-0.25, -0.2) is 4.57 Å². The molecular weight excluding hydrogens is 367 g/mol. The average molecular weight is 411 g/mol. The molecule has 0 aromatic heterocycles. The third-order valence-electron chi connectivity index (χ3n) is 5.01. The molecule has 1 atom stereocenters. The summed E-state index contributed by atoms with van der Waals surface area (Å²) in [6.45, 7) is 8.95. The molecule has 4 heteroatoms. The molecule has 1 aromatic carbocycles. The second-order valence-electron chi connectivity index (χ2n) is 8.12. The Balaban J connectivity index is 2.30. The van der Waals surface area contributed by atoms with Crippen molar-refractivity contribution in [3.8, 4) is 5.75 Å². The SMILES string of the molecule is CCCCCCCCCCCCOP(=O)(CCCC)Oc1cc(C)cc(C)c1. The van der Waals surface area contributed by atoms with E-state index in [9.17, 15) is 4.57 Å². The van der Waals surface area contributed by atoms with Crippen LogP contribution < -0.4 is 4.52 Å². The fourth-order valence-electron chi connectivity index (χ4n) is 3.43. The Morgan fingerprint density at radius 2 is 1.21 bits per heavy atom. The summed E-state index contributed by atoms with van der Waals surface area (Å²) in [5.74, 6) is 0.667. The number of benzene rings is 1. The zero-order valence-electron chi connectivity index (χ0n) is 18.8. The number of hydrogen-bond acceptors (Lipinski definition) is 3. The number of rotatable bonds is 17. The van der Waals surface area contributed by atoms with Crippen molar-refractivity contribution in [2.45, 2.75) is 105 Å². The average Bonchev–Trinajstić information content (AvgIpc) is 2.63. The largest absolute Gasteiger partial charge is 0.424 e. The Morgan fingerprint density at radius 1 is 0.714 bits per heavy atom. The van der Waals surface area contributed by atoms with Crippen LogP contribution in [0.15, 0.2) is 18.2 Å². The zero-order valence-corrected chi connectivity index (χ0v) is 19.7. The Morgan fingerprint density at radius 3 is 1.75 bits per heavy atom. The van der Waals surface area contributed by atoms with E-state index in [-0.39, 0.29) is 0 Å². The van der Waals surface area contributed by atoms with Crippen molar-refractivity contribution in [3.63, 3.8) is 0 Å². The first-order valence-electron chi connectivity index (χ1n) is 11.5. The van der Waals surface area contributed by atoms with E-state index in [4.69, 9.17) is 9.05 Å². The zero-order chi connectivity index (χ0) is 20.7. The van der Waals surface area contributed by atoms with E-state index in [1.807, 2.05) is 26.0 Å². The lowest BCUT2D eigenvalue weighted by atomic mass is 10.1. The summed E-state index contributed by atoms with van der Waals surface area (Å²) in [7, 11) is -3.07. The molecule has 1 unspecified atom stereocenters. The van der Waals surface area contributed by atoms with Crippen LogP contribution in [0.1, 0.15) is 102 Å². The highest BCUT2D eigenvalue weighted by molar-refractivity contribution is 7.54. The van der Waals surface area contributed by atoms with Gasteiger partial charge in [-0.15, -0.1) is 0 Å². The normalized spacial score (nSPS) is 13.4. The van der Waals surface area contributed by atoms with Crippen molar-refractivity contribution in [1.82, 2.24) is 0 Å². The molecule has 0 fully saturated rings. The lowest BCUT2D eigenvalue weighted by Crippen LogP contribution is -2.04. The van der Waals surface area contributed by atoms with E-state index < -0.39 is 7.60 Å². The lowest BCUT2D eigenvalue weighted by molar-refractivity contribution is 0.256. The molecule has 0 saturated carbocycles. The van der Waals surface area contributed by atoms with Gasteiger partial charge in [-0.2, -0.15) is 0 Å². The van der Waals surface area contributed by atoms with E-state index in [0.29, 0.717) is 18.5 Å². The van der Waals surface area contributed by atoms with Crippen LogP contribution in [-0.4, -0.2) is 12.8 Å². The van der Waals surface area contributed by atoms with Crippen molar-refractivity contribution in [2.75, 3.05) is 12.8 Å². The van der Waals surface area contributed by atoms with Gasteiger partial charge in [-0.05, 0) is 49.9 Å². The van der Waals surface area contributed by atoms with Crippen LogP contribution >= 0.6 is 7.60 Å². The third kappa shape index (κ3) is 11.9. The predicted molar refractivity (Wildman–Crippen MR) is 122 cm³/mol. The second kappa shape index (κ2) is 15.1. The Hall–Kier alpha value is -0.790. The van der Waals surface area contributed by atoms with Gasteiger partial charge < -0.3 is 4.52 Å². The fraction of sp³-hybridized carbons (Fsp3) is 0.750. The molecule has 0 aliphatic carbocycles. The maximum atomic E-state index is 13.2. The maximum Gasteiger partial charge on any atom is 0.379 e. The highest BCUT2D eigenvalue weighted by Crippen LogP contribution is 2.49. The number of hydrogen-bond donors (Lipinski definition) is 0. The molecule has 28 heavy (non-hydrogen) atoms. The highest BCUT2D eigenvalue weighted by atomic mass is 31.2. The number of unbranched alkanes of at least 4 members (excludes halogenated alkanes) is 10. The summed E-state index contributed by atoms with van der Waals surface area (Å²) in [6, 6.07) is 5.97. The summed E-state index contributed by atoms with van der Waals surface area (Å²) >= 11 is 0. The lowest BCUT2D eigenvalue weighted by Gasteiger charge is -2.20. The molecule has 0 heterocycles. The molecular formula is C24H43O3P. The first-order valence-corrected chi connectivity index (χ1v) is 13.2. The molecule has 3 nitrogen and oxygen atoms in total. The van der Waals surface area contributed by atoms with Gasteiger partial charge in [0.2, 0.25) is 0 Å². The summed E-state index contributed by atoms with van der Waals surface area (Å²) < 4.78 is 24.9. The molecule has 0 spiro atoms. The minimum atomic E-state index is -3.07. The minimum Gasteiger partial charge on any atom is -0.424 e. The highest BCUT2D eigenvalue weighted by Gasteiger charge is 2.25. The topological polar surface area (TPSA) is 35.5 Å². The van der Waals surface area contributed by atoms with Crippen LogP contribution in [-0.2, 0) is 9.09 Å². The van der Waals surface area contributed by atoms with Crippen LogP contribution in [0.2, 0.25) is 0 Å². The maximum absolute atomic E-state index is 13.2. The van der Waals surface area contributed by atoms with Crippen LogP contribution in [0, 0.1) is 13.8 Å². The van der Waals surface area contributed by atoms with Crippen LogP contribution in [0.25, 0.3) is 0 Å². The van der Waals surface area contributed by atoms with Gasteiger partial charge in [0.15, 0.2) is 0 Å². The van der Waals surface area contributed by atoms with Gasteiger partial charge in [0, 0.05) is 0 Å².